The van der Waals surface area contributed by atoms with E-state index in [1.54, 1.807) is 18.4 Å². The number of carbonyl (C=O) groups excluding carboxylic acids is 1. The Morgan fingerprint density at radius 1 is 1.39 bits per heavy atom. The van der Waals surface area contributed by atoms with Crippen molar-refractivity contribution in [2.45, 2.75) is 66.0 Å². The molecule has 0 aliphatic carbocycles. The average Bonchev–Trinajstić information content (AvgIpc) is 2.98. The zero-order valence-corrected chi connectivity index (χ0v) is 19.4. The van der Waals surface area contributed by atoms with Crippen LogP contribution in [0.15, 0.2) is 11.2 Å². The Balaban J connectivity index is 2.47. The third kappa shape index (κ3) is 9.39. The Kier molecular flexibility index (Phi) is 9.72. The number of hydrogen-bond donors (Lipinski definition) is 2. The van der Waals surface area contributed by atoms with E-state index in [1.807, 2.05) is 34.0 Å². The van der Waals surface area contributed by atoms with Crippen LogP contribution in [0.1, 0.15) is 50.9 Å². The summed E-state index contributed by atoms with van der Waals surface area (Å²) >= 11 is 1.73. The normalized spacial score (nSPS) is 13.4. The molecule has 0 bridgehead atoms. The Morgan fingerprint density at radius 2 is 2.07 bits per heavy atom. The highest BCUT2D eigenvalue weighted by molar-refractivity contribution is 7.11. The molecule has 28 heavy (non-hydrogen) atoms. The molecular formula is C20H37N5O2S. The molecule has 0 spiro atoms. The predicted molar refractivity (Wildman–Crippen MR) is 117 cm³/mol. The largest absolute Gasteiger partial charge is 0.444 e. The second-order valence-electron chi connectivity index (χ2n) is 8.30. The van der Waals surface area contributed by atoms with Crippen LogP contribution in [0.25, 0.3) is 0 Å². The molecule has 1 unspecified atom stereocenters. The summed E-state index contributed by atoms with van der Waals surface area (Å²) in [7, 11) is 3.79. The lowest BCUT2D eigenvalue weighted by Gasteiger charge is -2.28. The molecule has 160 valence electrons. The minimum atomic E-state index is -0.496. The van der Waals surface area contributed by atoms with Gasteiger partial charge in [-0.05, 0) is 40.0 Å². The minimum absolute atomic E-state index is 0.0358. The number of hydrogen-bond acceptors (Lipinski definition) is 5. The van der Waals surface area contributed by atoms with Gasteiger partial charge in [-0.1, -0.05) is 13.8 Å². The number of carbonyl (C=O) groups is 1. The van der Waals surface area contributed by atoms with Crippen molar-refractivity contribution >= 4 is 23.4 Å². The second-order valence-corrected chi connectivity index (χ2v) is 9.61. The Labute approximate surface area is 174 Å². The molecule has 1 heterocycles. The number of amides is 1. The van der Waals surface area contributed by atoms with Gasteiger partial charge in [-0.25, -0.2) is 9.78 Å². The number of guanidine groups is 1. The minimum Gasteiger partial charge on any atom is -0.444 e. The van der Waals surface area contributed by atoms with E-state index >= 15 is 0 Å². The van der Waals surface area contributed by atoms with Crippen LogP contribution >= 0.6 is 11.3 Å². The fourth-order valence-corrected chi connectivity index (χ4v) is 3.44. The Morgan fingerprint density at radius 3 is 2.57 bits per heavy atom. The molecule has 0 radical (unpaired) electrons. The van der Waals surface area contributed by atoms with Gasteiger partial charge in [0.1, 0.15) is 5.60 Å². The predicted octanol–water partition coefficient (Wildman–Crippen LogP) is 3.44. The molecule has 8 heteroatoms. The van der Waals surface area contributed by atoms with Crippen molar-refractivity contribution < 1.29 is 9.53 Å². The standard InChI is InChI=1S/C20H37N5O2S/c1-14(2)16(24-19(26)27-20(4,5)6)10-12-25(8)18(21-7)22-11-9-17-23-13-15(3)28-17/h13-14,16H,9-12H2,1-8H3,(H,21,22)(H,24,26). The molecule has 1 aromatic rings. The first-order valence-corrected chi connectivity index (χ1v) is 10.7. The third-order valence-corrected chi connectivity index (χ3v) is 5.12. The van der Waals surface area contributed by atoms with Gasteiger partial charge in [-0.3, -0.25) is 4.99 Å². The van der Waals surface area contributed by atoms with Crippen molar-refractivity contribution in [2.24, 2.45) is 10.9 Å². The summed E-state index contributed by atoms with van der Waals surface area (Å²) in [6.07, 6.45) is 3.22. The summed E-state index contributed by atoms with van der Waals surface area (Å²) in [5.41, 5.74) is -0.496. The third-order valence-electron chi connectivity index (χ3n) is 4.15. The number of aryl methyl sites for hydroxylation is 1. The van der Waals surface area contributed by atoms with Crippen LogP contribution in [0.3, 0.4) is 0 Å². The summed E-state index contributed by atoms with van der Waals surface area (Å²) in [6.45, 7) is 13.4. The van der Waals surface area contributed by atoms with E-state index in [-0.39, 0.29) is 12.1 Å². The highest BCUT2D eigenvalue weighted by atomic mass is 32.1. The summed E-state index contributed by atoms with van der Waals surface area (Å²) in [6, 6.07) is 0.0358. The quantitative estimate of drug-likeness (QED) is 0.506. The SMILES string of the molecule is CN=C(NCCc1ncc(C)s1)N(C)CCC(NC(=O)OC(C)(C)C)C(C)C. The van der Waals surface area contributed by atoms with Crippen LogP contribution in [0.5, 0.6) is 0 Å². The van der Waals surface area contributed by atoms with Gasteiger partial charge in [0.2, 0.25) is 0 Å². The lowest BCUT2D eigenvalue weighted by atomic mass is 10.0. The monoisotopic (exact) mass is 411 g/mol. The molecule has 0 fully saturated rings. The lowest BCUT2D eigenvalue weighted by molar-refractivity contribution is 0.0486. The van der Waals surface area contributed by atoms with Crippen molar-refractivity contribution in [1.29, 1.82) is 0 Å². The van der Waals surface area contributed by atoms with E-state index in [1.165, 1.54) is 4.88 Å². The van der Waals surface area contributed by atoms with E-state index < -0.39 is 5.60 Å². The Hall–Kier alpha value is -1.83. The van der Waals surface area contributed by atoms with E-state index in [2.05, 4.69) is 46.3 Å². The molecule has 1 aromatic heterocycles. The Bertz CT molecular complexity index is 637. The molecule has 0 aliphatic heterocycles. The van der Waals surface area contributed by atoms with Gasteiger partial charge < -0.3 is 20.3 Å². The summed E-state index contributed by atoms with van der Waals surface area (Å²) < 4.78 is 5.39. The maximum absolute atomic E-state index is 12.1. The molecule has 7 nitrogen and oxygen atoms in total. The molecule has 1 atom stereocenters. The maximum atomic E-state index is 12.1. The zero-order valence-electron chi connectivity index (χ0n) is 18.6. The first kappa shape index (κ1) is 24.2. The average molecular weight is 412 g/mol. The lowest BCUT2D eigenvalue weighted by Crippen LogP contribution is -2.45. The molecule has 0 aliphatic rings. The molecule has 1 rings (SSSR count). The van der Waals surface area contributed by atoms with E-state index in [4.69, 9.17) is 4.74 Å². The van der Waals surface area contributed by atoms with Gasteiger partial charge in [0.15, 0.2) is 5.96 Å². The van der Waals surface area contributed by atoms with E-state index in [0.29, 0.717) is 5.92 Å². The fraction of sp³-hybridized carbons (Fsp3) is 0.750. The van der Waals surface area contributed by atoms with Crippen LogP contribution < -0.4 is 10.6 Å². The molecule has 0 saturated heterocycles. The first-order valence-electron chi connectivity index (χ1n) is 9.84. The molecule has 1 amide bonds. The summed E-state index contributed by atoms with van der Waals surface area (Å²) in [5, 5.41) is 7.51. The van der Waals surface area contributed by atoms with E-state index in [9.17, 15) is 4.79 Å². The van der Waals surface area contributed by atoms with Crippen molar-refractivity contribution in [3.63, 3.8) is 0 Å². The number of nitrogens with zero attached hydrogens (tertiary/aromatic N) is 3. The summed E-state index contributed by atoms with van der Waals surface area (Å²) in [4.78, 5) is 24.2. The number of thiazole rings is 1. The molecule has 2 N–H and O–H groups in total. The van der Waals surface area contributed by atoms with Crippen molar-refractivity contribution in [2.75, 3.05) is 27.2 Å². The van der Waals surface area contributed by atoms with Gasteiger partial charge in [-0.2, -0.15) is 0 Å². The van der Waals surface area contributed by atoms with E-state index in [0.717, 1.165) is 36.9 Å². The van der Waals surface area contributed by atoms with Gasteiger partial charge in [0.25, 0.3) is 0 Å². The molecular weight excluding hydrogens is 374 g/mol. The number of alkyl carbamates (subject to hydrolysis) is 1. The zero-order chi connectivity index (χ0) is 21.3. The molecule has 0 saturated carbocycles. The topological polar surface area (TPSA) is 78.9 Å². The van der Waals surface area contributed by atoms with Gasteiger partial charge in [0, 0.05) is 50.7 Å². The fourth-order valence-electron chi connectivity index (χ4n) is 2.65. The highest BCUT2D eigenvalue weighted by Gasteiger charge is 2.22. The smallest absolute Gasteiger partial charge is 0.407 e. The van der Waals surface area contributed by atoms with Crippen LogP contribution in [-0.4, -0.2) is 60.8 Å². The highest BCUT2D eigenvalue weighted by Crippen LogP contribution is 2.12. The number of aliphatic imine (C=N–C) groups is 1. The van der Waals surface area contributed by atoms with Gasteiger partial charge in [0.05, 0.1) is 5.01 Å². The van der Waals surface area contributed by atoms with Crippen molar-refractivity contribution in [3.05, 3.63) is 16.1 Å². The molecule has 0 aromatic carbocycles. The number of ether oxygens (including phenoxy) is 1. The first-order chi connectivity index (χ1) is 13.0. The number of nitrogens with one attached hydrogen (secondary N) is 2. The maximum Gasteiger partial charge on any atom is 0.407 e. The van der Waals surface area contributed by atoms with Crippen LogP contribution in [0, 0.1) is 12.8 Å². The summed E-state index contributed by atoms with van der Waals surface area (Å²) in [5.74, 6) is 1.15. The van der Waals surface area contributed by atoms with Crippen molar-refractivity contribution in [1.82, 2.24) is 20.5 Å². The number of rotatable bonds is 8. The van der Waals surface area contributed by atoms with Crippen molar-refractivity contribution in [3.8, 4) is 0 Å². The van der Waals surface area contributed by atoms with Crippen LogP contribution in [0.2, 0.25) is 0 Å². The van der Waals surface area contributed by atoms with Crippen LogP contribution in [0.4, 0.5) is 4.79 Å². The second kappa shape index (κ2) is 11.2. The van der Waals surface area contributed by atoms with Crippen LogP contribution in [-0.2, 0) is 11.2 Å². The number of aromatic nitrogens is 1. The van der Waals surface area contributed by atoms with Gasteiger partial charge >= 0.3 is 6.09 Å². The van der Waals surface area contributed by atoms with Gasteiger partial charge in [-0.15, -0.1) is 11.3 Å².